The fourth-order valence-corrected chi connectivity index (χ4v) is 6.60. The topological polar surface area (TPSA) is 107 Å². The summed E-state index contributed by atoms with van der Waals surface area (Å²) in [4.78, 5) is 25.7. The van der Waals surface area contributed by atoms with E-state index in [9.17, 15) is 0 Å². The highest BCUT2D eigenvalue weighted by Gasteiger charge is 2.15. The van der Waals surface area contributed by atoms with Gasteiger partial charge in [0.05, 0.1) is 22.8 Å². The van der Waals surface area contributed by atoms with Crippen LogP contribution in [-0.2, 0) is 13.1 Å². The van der Waals surface area contributed by atoms with Crippen molar-refractivity contribution in [3.63, 3.8) is 0 Å². The van der Waals surface area contributed by atoms with Crippen LogP contribution in [0.25, 0.3) is 68.6 Å². The smallest absolute Gasteiger partial charge is 0.0737 e. The molecular weight excluding hydrogens is 641 g/mol. The number of rotatable bonds is 8. The fraction of sp³-hybridized carbons (Fsp3) is 0.0455. The van der Waals surface area contributed by atoms with Crippen molar-refractivity contribution < 1.29 is 0 Å². The third-order valence-electron chi connectivity index (χ3n) is 9.24. The first-order valence-corrected chi connectivity index (χ1v) is 17.3. The Morgan fingerprint density at radius 2 is 0.885 bits per heavy atom. The molecule has 0 amide bonds. The SMILES string of the molecule is C1=Cc2nc1cc1ccc([nH]1)c(-c1ccc(NCc3ccncc3)cc1)c1ccc(cc3nc(c2-c2ccc(NCc4ccncc4)cc2)C=C3)[nH]1. The van der Waals surface area contributed by atoms with Crippen LogP contribution in [0.5, 0.6) is 0 Å². The number of hydrogen-bond acceptors (Lipinski definition) is 6. The lowest BCUT2D eigenvalue weighted by Gasteiger charge is -2.09. The van der Waals surface area contributed by atoms with Gasteiger partial charge in [0, 0.05) is 82.4 Å². The molecule has 7 aromatic rings. The van der Waals surface area contributed by atoms with Gasteiger partial charge in [0.2, 0.25) is 0 Å². The van der Waals surface area contributed by atoms with Gasteiger partial charge in [-0.15, -0.1) is 0 Å². The summed E-state index contributed by atoms with van der Waals surface area (Å²) in [5, 5.41) is 7.03. The van der Waals surface area contributed by atoms with Crippen LogP contribution in [0.4, 0.5) is 11.4 Å². The number of H-pyrrole nitrogens is 2. The number of benzene rings is 2. The minimum Gasteiger partial charge on any atom is -0.381 e. The first-order chi connectivity index (χ1) is 25.7. The van der Waals surface area contributed by atoms with Crippen LogP contribution < -0.4 is 10.6 Å². The van der Waals surface area contributed by atoms with Crippen molar-refractivity contribution in [2.75, 3.05) is 10.6 Å². The van der Waals surface area contributed by atoms with E-state index in [0.29, 0.717) is 0 Å². The molecule has 52 heavy (non-hydrogen) atoms. The number of fused-ring (bicyclic) bond motifs is 8. The average Bonchev–Trinajstić information content (AvgIpc) is 4.03. The standard InChI is InChI=1S/C44H34N8/c1-5-33(47-27-29-17-21-45-22-18-29)6-2-31(1)43-39-13-9-35(49-39)25-37-11-15-41(51-37)44(42-16-12-38(52-42)26-36-10-14-40(43)50-36)32-3-7-34(8-4-32)48-28-30-19-23-46-24-20-30/h1-26,47-50H,27-28H2. The lowest BCUT2D eigenvalue weighted by atomic mass is 10.0. The molecular formula is C44H34N8. The molecule has 4 N–H and O–H groups in total. The zero-order valence-electron chi connectivity index (χ0n) is 28.2. The molecule has 8 bridgehead atoms. The van der Waals surface area contributed by atoms with Crippen molar-refractivity contribution in [1.29, 1.82) is 0 Å². The van der Waals surface area contributed by atoms with Gasteiger partial charge < -0.3 is 20.6 Å². The molecule has 250 valence electrons. The number of aromatic nitrogens is 6. The highest BCUT2D eigenvalue weighted by atomic mass is 14.9. The highest BCUT2D eigenvalue weighted by molar-refractivity contribution is 5.94. The van der Waals surface area contributed by atoms with Gasteiger partial charge in [-0.1, -0.05) is 24.3 Å². The van der Waals surface area contributed by atoms with Crippen LogP contribution in [0.1, 0.15) is 33.9 Å². The van der Waals surface area contributed by atoms with Gasteiger partial charge in [-0.3, -0.25) is 9.97 Å². The normalized spacial score (nSPS) is 11.8. The van der Waals surface area contributed by atoms with Gasteiger partial charge in [0.25, 0.3) is 0 Å². The molecule has 2 aliphatic rings. The average molecular weight is 675 g/mol. The first-order valence-electron chi connectivity index (χ1n) is 17.3. The number of anilines is 2. The Morgan fingerprint density at radius 3 is 1.35 bits per heavy atom. The molecule has 5 aromatic heterocycles. The summed E-state index contributed by atoms with van der Waals surface area (Å²) in [6.45, 7) is 1.46. The van der Waals surface area contributed by atoms with Crippen molar-refractivity contribution >= 4 is 57.7 Å². The van der Waals surface area contributed by atoms with Crippen LogP contribution in [0.3, 0.4) is 0 Å². The monoisotopic (exact) mass is 674 g/mol. The second-order valence-corrected chi connectivity index (χ2v) is 12.8. The Bertz CT molecular complexity index is 2510. The molecule has 7 heterocycles. The minimum atomic E-state index is 0.725. The van der Waals surface area contributed by atoms with Crippen molar-refractivity contribution in [2.45, 2.75) is 13.1 Å². The maximum absolute atomic E-state index is 5.09. The lowest BCUT2D eigenvalue weighted by Crippen LogP contribution is -1.99. The summed E-state index contributed by atoms with van der Waals surface area (Å²) >= 11 is 0. The molecule has 0 spiro atoms. The fourth-order valence-electron chi connectivity index (χ4n) is 6.60. The van der Waals surface area contributed by atoms with Crippen LogP contribution in [0.2, 0.25) is 0 Å². The quantitative estimate of drug-likeness (QED) is 0.128. The van der Waals surface area contributed by atoms with Gasteiger partial charge in [-0.25, -0.2) is 9.97 Å². The molecule has 0 saturated heterocycles. The summed E-state index contributed by atoms with van der Waals surface area (Å²) in [5.74, 6) is 0. The van der Waals surface area contributed by atoms with Gasteiger partial charge in [-0.2, -0.15) is 0 Å². The Balaban J connectivity index is 1.11. The lowest BCUT2D eigenvalue weighted by molar-refractivity contribution is 1.13. The largest absolute Gasteiger partial charge is 0.381 e. The maximum atomic E-state index is 5.09. The molecule has 0 atom stereocenters. The van der Waals surface area contributed by atoms with E-state index in [1.165, 1.54) is 11.1 Å². The first kappa shape index (κ1) is 31.0. The van der Waals surface area contributed by atoms with Crippen molar-refractivity contribution in [3.8, 4) is 22.3 Å². The van der Waals surface area contributed by atoms with E-state index >= 15 is 0 Å². The zero-order valence-corrected chi connectivity index (χ0v) is 28.2. The Hall–Kier alpha value is -7.06. The van der Waals surface area contributed by atoms with Crippen molar-refractivity contribution in [3.05, 3.63) is 168 Å². The van der Waals surface area contributed by atoms with E-state index in [1.54, 1.807) is 0 Å². The molecule has 0 unspecified atom stereocenters. The molecule has 9 rings (SSSR count). The minimum absolute atomic E-state index is 0.725. The van der Waals surface area contributed by atoms with Gasteiger partial charge in [0.1, 0.15) is 0 Å². The Kier molecular flexibility index (Phi) is 8.15. The molecule has 8 nitrogen and oxygen atoms in total. The molecule has 8 heteroatoms. The van der Waals surface area contributed by atoms with E-state index in [2.05, 4.69) is 140 Å². The number of aromatic amines is 2. The number of hydrogen-bond donors (Lipinski definition) is 4. The van der Waals surface area contributed by atoms with Gasteiger partial charge in [-0.05, 0) is 131 Å². The molecule has 2 aromatic carbocycles. The van der Waals surface area contributed by atoms with Crippen LogP contribution in [-0.4, -0.2) is 29.9 Å². The summed E-state index contributed by atoms with van der Waals surface area (Å²) in [6.07, 6.45) is 15.5. The predicted octanol–water partition coefficient (Wildman–Crippen LogP) is 10.0. The van der Waals surface area contributed by atoms with E-state index < -0.39 is 0 Å². The maximum Gasteiger partial charge on any atom is 0.0737 e. The number of pyridine rings is 2. The second kappa shape index (κ2) is 13.7. The van der Waals surface area contributed by atoms with Gasteiger partial charge in [0.15, 0.2) is 0 Å². The van der Waals surface area contributed by atoms with E-state index in [-0.39, 0.29) is 0 Å². The van der Waals surface area contributed by atoms with Crippen LogP contribution in [0.15, 0.2) is 134 Å². The molecule has 0 saturated carbocycles. The summed E-state index contributed by atoms with van der Waals surface area (Å²) in [5.41, 5.74) is 16.1. The van der Waals surface area contributed by atoms with Crippen molar-refractivity contribution in [2.24, 2.45) is 0 Å². The number of nitrogens with one attached hydrogen (secondary N) is 4. The zero-order chi connectivity index (χ0) is 34.7. The highest BCUT2D eigenvalue weighted by Crippen LogP contribution is 2.33. The Labute approximate surface area is 300 Å². The van der Waals surface area contributed by atoms with E-state index in [4.69, 9.17) is 9.97 Å². The molecule has 2 aliphatic heterocycles. The summed E-state index contributed by atoms with van der Waals surface area (Å²) < 4.78 is 0. The molecule has 0 fully saturated rings. The second-order valence-electron chi connectivity index (χ2n) is 12.8. The summed E-state index contributed by atoms with van der Waals surface area (Å²) in [6, 6.07) is 37.8. The third kappa shape index (κ3) is 6.60. The van der Waals surface area contributed by atoms with Crippen LogP contribution >= 0.6 is 0 Å². The summed E-state index contributed by atoms with van der Waals surface area (Å²) in [7, 11) is 0. The Morgan fingerprint density at radius 1 is 0.442 bits per heavy atom. The molecule has 0 radical (unpaired) electrons. The molecule has 0 aliphatic carbocycles. The van der Waals surface area contributed by atoms with E-state index in [1.807, 2.05) is 49.1 Å². The number of nitrogens with zero attached hydrogens (tertiary/aromatic N) is 4. The van der Waals surface area contributed by atoms with Gasteiger partial charge >= 0.3 is 0 Å². The van der Waals surface area contributed by atoms with E-state index in [0.717, 1.165) is 91.6 Å². The predicted molar refractivity (Wildman–Crippen MR) is 213 cm³/mol. The van der Waals surface area contributed by atoms with Crippen molar-refractivity contribution in [1.82, 2.24) is 29.9 Å². The third-order valence-corrected chi connectivity index (χ3v) is 9.24. The van der Waals surface area contributed by atoms with Crippen LogP contribution in [0, 0.1) is 0 Å².